The summed E-state index contributed by atoms with van der Waals surface area (Å²) in [5, 5.41) is 68.2. The smallest absolute Gasteiger partial charge is 0.187 e. The van der Waals surface area contributed by atoms with Gasteiger partial charge in [-0.05, 0) is 11.1 Å². The van der Waals surface area contributed by atoms with Crippen LogP contribution in [0.1, 0.15) is 11.1 Å². The SMILES string of the molecule is OCC1O[C@@H](NCc2ccccc2)[C@@H](NCc2ccccc2)C(O)[C@@H]1O[C@H]1OC(CO)[C@@H](O)[C@H](O)C1O. The van der Waals surface area contributed by atoms with E-state index >= 15 is 0 Å². The van der Waals surface area contributed by atoms with Gasteiger partial charge < -0.3 is 50.2 Å². The molecule has 0 saturated carbocycles. The molecule has 0 bridgehead atoms. The van der Waals surface area contributed by atoms with Gasteiger partial charge in [-0.25, -0.2) is 0 Å². The van der Waals surface area contributed by atoms with Crippen LogP contribution in [0.3, 0.4) is 0 Å². The molecule has 4 unspecified atom stereocenters. The van der Waals surface area contributed by atoms with E-state index < -0.39 is 74.5 Å². The molecule has 10 atom stereocenters. The number of ether oxygens (including phenoxy) is 3. The lowest BCUT2D eigenvalue weighted by molar-refractivity contribution is -0.337. The minimum absolute atomic E-state index is 0.409. The first-order valence-corrected chi connectivity index (χ1v) is 12.4. The van der Waals surface area contributed by atoms with Crippen molar-refractivity contribution in [3.05, 3.63) is 71.8 Å². The fraction of sp³-hybridized carbons (Fsp3) is 0.538. The van der Waals surface area contributed by atoms with Crippen molar-refractivity contribution in [2.24, 2.45) is 0 Å². The van der Waals surface area contributed by atoms with Crippen molar-refractivity contribution in [3.63, 3.8) is 0 Å². The lowest BCUT2D eigenvalue weighted by Gasteiger charge is -2.47. The molecule has 37 heavy (non-hydrogen) atoms. The molecule has 2 aliphatic rings. The van der Waals surface area contributed by atoms with Crippen LogP contribution in [0.2, 0.25) is 0 Å². The number of benzene rings is 2. The van der Waals surface area contributed by atoms with E-state index in [0.717, 1.165) is 11.1 Å². The highest BCUT2D eigenvalue weighted by Crippen LogP contribution is 2.29. The van der Waals surface area contributed by atoms with Gasteiger partial charge in [-0.1, -0.05) is 60.7 Å². The van der Waals surface area contributed by atoms with Gasteiger partial charge in [0.15, 0.2) is 6.29 Å². The molecule has 0 aromatic heterocycles. The van der Waals surface area contributed by atoms with Gasteiger partial charge in [-0.15, -0.1) is 0 Å². The van der Waals surface area contributed by atoms with E-state index in [9.17, 15) is 30.6 Å². The first-order chi connectivity index (χ1) is 17.9. The van der Waals surface area contributed by atoms with Crippen molar-refractivity contribution < 1.29 is 44.8 Å². The van der Waals surface area contributed by atoms with Gasteiger partial charge in [0.1, 0.15) is 49.0 Å². The second kappa shape index (κ2) is 13.2. The monoisotopic (exact) mass is 520 g/mol. The number of hydrogen-bond acceptors (Lipinski definition) is 11. The fourth-order valence-corrected chi connectivity index (χ4v) is 4.65. The maximum Gasteiger partial charge on any atom is 0.187 e. The van der Waals surface area contributed by atoms with Gasteiger partial charge in [0, 0.05) is 13.1 Å². The highest BCUT2D eigenvalue weighted by molar-refractivity contribution is 5.16. The van der Waals surface area contributed by atoms with Gasteiger partial charge >= 0.3 is 0 Å². The molecule has 0 radical (unpaired) electrons. The predicted molar refractivity (Wildman–Crippen MR) is 131 cm³/mol. The van der Waals surface area contributed by atoms with Crippen LogP contribution in [0.25, 0.3) is 0 Å². The molecule has 8 N–H and O–H groups in total. The van der Waals surface area contributed by atoms with Crippen molar-refractivity contribution in [1.82, 2.24) is 10.6 Å². The fourth-order valence-electron chi connectivity index (χ4n) is 4.65. The lowest BCUT2D eigenvalue weighted by atomic mass is 9.94. The summed E-state index contributed by atoms with van der Waals surface area (Å²) in [5.74, 6) is 0. The molecule has 2 heterocycles. The minimum Gasteiger partial charge on any atom is -0.394 e. The molecule has 2 aliphatic heterocycles. The summed E-state index contributed by atoms with van der Waals surface area (Å²) in [6, 6.07) is 18.5. The maximum atomic E-state index is 11.4. The van der Waals surface area contributed by atoms with Gasteiger partial charge in [-0.3, -0.25) is 5.32 Å². The van der Waals surface area contributed by atoms with Crippen molar-refractivity contribution in [3.8, 4) is 0 Å². The molecule has 0 amide bonds. The zero-order valence-corrected chi connectivity index (χ0v) is 20.3. The summed E-state index contributed by atoms with van der Waals surface area (Å²) in [5.41, 5.74) is 1.98. The normalized spacial score (nSPS) is 36.4. The van der Waals surface area contributed by atoms with Crippen LogP contribution < -0.4 is 10.6 Å². The maximum absolute atomic E-state index is 11.4. The molecule has 0 aliphatic carbocycles. The Kier molecular flexibility index (Phi) is 9.98. The van der Waals surface area contributed by atoms with E-state index in [-0.39, 0.29) is 0 Å². The predicted octanol–water partition coefficient (Wildman–Crippen LogP) is -1.80. The average molecular weight is 521 g/mol. The standard InChI is InChI=1S/C26H36N2O9/c29-13-17-20(31)22(33)23(34)26(36-17)37-24-18(14-30)35-25(28-12-16-9-5-2-6-10-16)19(21(24)32)27-11-15-7-3-1-4-8-15/h1-10,17-34H,11-14H2/t17?,18?,19-,20+,21?,22-,23?,24+,25+,26+/m0/s1. The second-order valence-corrected chi connectivity index (χ2v) is 9.33. The number of hydrogen-bond donors (Lipinski definition) is 8. The van der Waals surface area contributed by atoms with Gasteiger partial charge in [0.2, 0.25) is 0 Å². The first kappa shape index (κ1) is 28.0. The molecule has 2 aromatic rings. The Morgan fingerprint density at radius 3 is 1.78 bits per heavy atom. The Hall–Kier alpha value is -2.00. The third kappa shape index (κ3) is 6.72. The molecular weight excluding hydrogens is 484 g/mol. The highest BCUT2D eigenvalue weighted by Gasteiger charge is 2.50. The first-order valence-electron chi connectivity index (χ1n) is 12.4. The lowest BCUT2D eigenvalue weighted by Crippen LogP contribution is -2.69. The number of aliphatic hydroxyl groups excluding tert-OH is 6. The third-order valence-electron chi connectivity index (χ3n) is 6.77. The molecular formula is C26H36N2O9. The van der Waals surface area contributed by atoms with Crippen molar-refractivity contribution in [2.75, 3.05) is 13.2 Å². The second-order valence-electron chi connectivity index (χ2n) is 9.33. The molecule has 2 saturated heterocycles. The molecule has 2 aromatic carbocycles. The summed E-state index contributed by atoms with van der Waals surface area (Å²) < 4.78 is 17.4. The topological polar surface area (TPSA) is 173 Å². The van der Waals surface area contributed by atoms with Crippen molar-refractivity contribution >= 4 is 0 Å². The minimum atomic E-state index is -1.66. The van der Waals surface area contributed by atoms with Crippen LogP contribution in [0, 0.1) is 0 Å². The van der Waals surface area contributed by atoms with E-state index in [1.54, 1.807) is 0 Å². The van der Waals surface area contributed by atoms with Gasteiger partial charge in [0.05, 0.1) is 19.3 Å². The van der Waals surface area contributed by atoms with Crippen LogP contribution in [0.15, 0.2) is 60.7 Å². The Labute approximate surface area is 215 Å². The van der Waals surface area contributed by atoms with E-state index in [1.165, 1.54) is 0 Å². The quantitative estimate of drug-likeness (QED) is 0.178. The van der Waals surface area contributed by atoms with Gasteiger partial charge in [-0.2, -0.15) is 0 Å². The molecule has 0 spiro atoms. The summed E-state index contributed by atoms with van der Waals surface area (Å²) in [6.07, 6.45) is -11.7. The van der Waals surface area contributed by atoms with Crippen LogP contribution >= 0.6 is 0 Å². The van der Waals surface area contributed by atoms with Crippen molar-refractivity contribution in [2.45, 2.75) is 74.4 Å². The van der Waals surface area contributed by atoms with Crippen LogP contribution in [0.5, 0.6) is 0 Å². The number of nitrogens with one attached hydrogen (secondary N) is 2. The van der Waals surface area contributed by atoms with Crippen molar-refractivity contribution in [1.29, 1.82) is 0 Å². The largest absolute Gasteiger partial charge is 0.394 e. The zero-order valence-electron chi connectivity index (χ0n) is 20.3. The van der Waals surface area contributed by atoms with E-state index in [4.69, 9.17) is 14.2 Å². The third-order valence-corrected chi connectivity index (χ3v) is 6.77. The Bertz CT molecular complexity index is 938. The molecule has 2 fully saturated rings. The summed E-state index contributed by atoms with van der Waals surface area (Å²) in [4.78, 5) is 0. The van der Waals surface area contributed by atoms with E-state index in [1.807, 2.05) is 60.7 Å². The highest BCUT2D eigenvalue weighted by atomic mass is 16.7. The Morgan fingerprint density at radius 1 is 0.649 bits per heavy atom. The zero-order chi connectivity index (χ0) is 26.4. The average Bonchev–Trinajstić information content (AvgIpc) is 2.93. The van der Waals surface area contributed by atoms with Crippen LogP contribution in [-0.2, 0) is 27.3 Å². The van der Waals surface area contributed by atoms with E-state index in [2.05, 4.69) is 10.6 Å². The summed E-state index contributed by atoms with van der Waals surface area (Å²) >= 11 is 0. The number of rotatable bonds is 10. The Morgan fingerprint density at radius 2 is 1.22 bits per heavy atom. The molecule has 11 nitrogen and oxygen atoms in total. The molecule has 11 heteroatoms. The molecule has 204 valence electrons. The Balaban J connectivity index is 1.52. The summed E-state index contributed by atoms with van der Waals surface area (Å²) in [7, 11) is 0. The number of aliphatic hydroxyl groups is 6. The summed E-state index contributed by atoms with van der Waals surface area (Å²) in [6.45, 7) is -0.275. The molecule has 4 rings (SSSR count). The van der Waals surface area contributed by atoms with Crippen LogP contribution in [-0.4, -0.2) is 105 Å². The van der Waals surface area contributed by atoms with Gasteiger partial charge in [0.25, 0.3) is 0 Å². The van der Waals surface area contributed by atoms with E-state index in [0.29, 0.717) is 13.1 Å². The van der Waals surface area contributed by atoms with Crippen LogP contribution in [0.4, 0.5) is 0 Å².